The average Bonchev–Trinajstić information content (AvgIpc) is 2.72. The number of hydrogen-bond donors (Lipinski definition) is 0. The fraction of sp³-hybridized carbons (Fsp3) is 0.429. The molecule has 0 atom stereocenters. The molecule has 0 unspecified atom stereocenters. The van der Waals surface area contributed by atoms with Crippen molar-refractivity contribution >= 4 is 11.6 Å². The minimum absolute atomic E-state index is 0.512. The van der Waals surface area contributed by atoms with Crippen LogP contribution in [0.15, 0.2) is 24.5 Å². The van der Waals surface area contributed by atoms with Gasteiger partial charge in [-0.05, 0) is 25.5 Å². The van der Waals surface area contributed by atoms with Crippen LogP contribution >= 0.6 is 11.6 Å². The van der Waals surface area contributed by atoms with E-state index in [0.717, 1.165) is 23.6 Å². The smallest absolute Gasteiger partial charge is 0.129 e. The fourth-order valence-electron chi connectivity index (χ4n) is 1.93. The SMILES string of the molecule is CCCCCn1cc(-c2ccc(Cl)nc2)nc1C. The zero-order chi connectivity index (χ0) is 13.0. The molecule has 96 valence electrons. The second-order valence-electron chi connectivity index (χ2n) is 4.44. The third kappa shape index (κ3) is 3.10. The van der Waals surface area contributed by atoms with Crippen LogP contribution in [-0.4, -0.2) is 14.5 Å². The molecule has 18 heavy (non-hydrogen) atoms. The van der Waals surface area contributed by atoms with Crippen LogP contribution < -0.4 is 0 Å². The molecule has 2 heterocycles. The number of aromatic nitrogens is 3. The summed E-state index contributed by atoms with van der Waals surface area (Å²) in [5.74, 6) is 1.05. The number of imidazole rings is 1. The molecule has 2 rings (SSSR count). The summed E-state index contributed by atoms with van der Waals surface area (Å²) in [6.45, 7) is 5.29. The molecule has 0 saturated carbocycles. The van der Waals surface area contributed by atoms with E-state index in [2.05, 4.69) is 27.7 Å². The van der Waals surface area contributed by atoms with Gasteiger partial charge in [-0.3, -0.25) is 0 Å². The van der Waals surface area contributed by atoms with Crippen molar-refractivity contribution in [3.63, 3.8) is 0 Å². The highest BCUT2D eigenvalue weighted by atomic mass is 35.5. The van der Waals surface area contributed by atoms with E-state index in [1.807, 2.05) is 13.0 Å². The number of pyridine rings is 1. The molecule has 0 aliphatic carbocycles. The summed E-state index contributed by atoms with van der Waals surface area (Å²) in [5.41, 5.74) is 1.98. The number of hydrogen-bond acceptors (Lipinski definition) is 2. The summed E-state index contributed by atoms with van der Waals surface area (Å²) in [5, 5.41) is 0.512. The van der Waals surface area contributed by atoms with Crippen molar-refractivity contribution in [3.8, 4) is 11.3 Å². The maximum atomic E-state index is 5.78. The predicted octanol–water partition coefficient (Wildman–Crippen LogP) is 4.10. The first kappa shape index (κ1) is 13.1. The van der Waals surface area contributed by atoms with Crippen LogP contribution in [0.25, 0.3) is 11.3 Å². The van der Waals surface area contributed by atoms with Gasteiger partial charge in [-0.15, -0.1) is 0 Å². The number of unbranched alkanes of at least 4 members (excludes halogenated alkanes) is 2. The Kier molecular flexibility index (Phi) is 4.37. The minimum Gasteiger partial charge on any atom is -0.335 e. The molecule has 0 fully saturated rings. The van der Waals surface area contributed by atoms with Crippen molar-refractivity contribution < 1.29 is 0 Å². The molecule has 0 aliphatic heterocycles. The van der Waals surface area contributed by atoms with Crippen molar-refractivity contribution in [1.82, 2.24) is 14.5 Å². The first-order valence-electron chi connectivity index (χ1n) is 6.36. The quantitative estimate of drug-likeness (QED) is 0.601. The van der Waals surface area contributed by atoms with Crippen molar-refractivity contribution in [1.29, 1.82) is 0 Å². The van der Waals surface area contributed by atoms with Gasteiger partial charge in [0, 0.05) is 24.5 Å². The van der Waals surface area contributed by atoms with E-state index in [0.29, 0.717) is 5.15 Å². The van der Waals surface area contributed by atoms with E-state index < -0.39 is 0 Å². The maximum Gasteiger partial charge on any atom is 0.129 e. The highest BCUT2D eigenvalue weighted by Gasteiger charge is 2.06. The second kappa shape index (κ2) is 6.01. The molecule has 2 aromatic heterocycles. The highest BCUT2D eigenvalue weighted by molar-refractivity contribution is 6.29. The van der Waals surface area contributed by atoms with Gasteiger partial charge in [-0.25, -0.2) is 9.97 Å². The van der Waals surface area contributed by atoms with E-state index in [9.17, 15) is 0 Å². The molecule has 0 aliphatic rings. The molecule has 3 nitrogen and oxygen atoms in total. The Labute approximate surface area is 113 Å². The first-order chi connectivity index (χ1) is 8.70. The van der Waals surface area contributed by atoms with E-state index in [1.54, 1.807) is 12.3 Å². The largest absolute Gasteiger partial charge is 0.335 e. The number of halogens is 1. The summed E-state index contributed by atoms with van der Waals surface area (Å²) >= 11 is 5.78. The van der Waals surface area contributed by atoms with E-state index in [4.69, 9.17) is 11.6 Å². The Hall–Kier alpha value is -1.35. The van der Waals surface area contributed by atoms with Gasteiger partial charge in [-0.1, -0.05) is 31.4 Å². The lowest BCUT2D eigenvalue weighted by atomic mass is 10.2. The maximum absolute atomic E-state index is 5.78. The summed E-state index contributed by atoms with van der Waals surface area (Å²) < 4.78 is 2.21. The molecular formula is C14H18ClN3. The molecular weight excluding hydrogens is 246 g/mol. The molecule has 0 spiro atoms. The van der Waals surface area contributed by atoms with Crippen LogP contribution in [0.5, 0.6) is 0 Å². The van der Waals surface area contributed by atoms with Gasteiger partial charge in [0.15, 0.2) is 0 Å². The molecule has 4 heteroatoms. The van der Waals surface area contributed by atoms with Crippen LogP contribution in [0.2, 0.25) is 5.15 Å². The monoisotopic (exact) mass is 263 g/mol. The van der Waals surface area contributed by atoms with Crippen LogP contribution in [0.4, 0.5) is 0 Å². The molecule has 0 bridgehead atoms. The molecule has 0 aromatic carbocycles. The lowest BCUT2D eigenvalue weighted by Gasteiger charge is -2.02. The van der Waals surface area contributed by atoms with Crippen LogP contribution in [0, 0.1) is 6.92 Å². The van der Waals surface area contributed by atoms with Crippen molar-refractivity contribution in [3.05, 3.63) is 35.5 Å². The van der Waals surface area contributed by atoms with Gasteiger partial charge < -0.3 is 4.57 Å². The summed E-state index contributed by atoms with van der Waals surface area (Å²) in [6, 6.07) is 3.75. The zero-order valence-corrected chi connectivity index (χ0v) is 11.6. The summed E-state index contributed by atoms with van der Waals surface area (Å²) in [4.78, 5) is 8.66. The second-order valence-corrected chi connectivity index (χ2v) is 4.83. The van der Waals surface area contributed by atoms with Crippen LogP contribution in [-0.2, 0) is 6.54 Å². The first-order valence-corrected chi connectivity index (χ1v) is 6.74. The molecule has 2 aromatic rings. The van der Waals surface area contributed by atoms with Gasteiger partial charge in [0.2, 0.25) is 0 Å². The lowest BCUT2D eigenvalue weighted by Crippen LogP contribution is -1.98. The fourth-order valence-corrected chi connectivity index (χ4v) is 2.05. The Bertz CT molecular complexity index is 502. The van der Waals surface area contributed by atoms with Gasteiger partial charge in [0.05, 0.1) is 5.69 Å². The van der Waals surface area contributed by atoms with Gasteiger partial charge in [0.25, 0.3) is 0 Å². The van der Waals surface area contributed by atoms with Crippen molar-refractivity contribution in [2.75, 3.05) is 0 Å². The Balaban J connectivity index is 2.15. The highest BCUT2D eigenvalue weighted by Crippen LogP contribution is 2.19. The van der Waals surface area contributed by atoms with E-state index in [1.165, 1.54) is 19.3 Å². The predicted molar refractivity (Wildman–Crippen MR) is 74.7 cm³/mol. The lowest BCUT2D eigenvalue weighted by molar-refractivity contribution is 0.590. The number of aryl methyl sites for hydroxylation is 2. The minimum atomic E-state index is 0.512. The van der Waals surface area contributed by atoms with Crippen LogP contribution in [0.3, 0.4) is 0 Å². The third-order valence-electron chi connectivity index (χ3n) is 3.00. The standard InChI is InChI=1S/C14H18ClN3/c1-3-4-5-8-18-10-13(17-11(18)2)12-6-7-14(15)16-9-12/h6-7,9-10H,3-5,8H2,1-2H3. The molecule has 0 N–H and O–H groups in total. The Morgan fingerprint density at radius 2 is 2.11 bits per heavy atom. The van der Waals surface area contributed by atoms with Crippen LogP contribution in [0.1, 0.15) is 32.0 Å². The van der Waals surface area contributed by atoms with Crippen molar-refractivity contribution in [2.45, 2.75) is 39.7 Å². The number of rotatable bonds is 5. The third-order valence-corrected chi connectivity index (χ3v) is 3.23. The molecule has 0 radical (unpaired) electrons. The van der Waals surface area contributed by atoms with Gasteiger partial charge >= 0.3 is 0 Å². The average molecular weight is 264 g/mol. The summed E-state index contributed by atoms with van der Waals surface area (Å²) in [7, 11) is 0. The molecule has 0 amide bonds. The van der Waals surface area contributed by atoms with Gasteiger partial charge in [0.1, 0.15) is 11.0 Å². The number of nitrogens with zero attached hydrogens (tertiary/aromatic N) is 3. The van der Waals surface area contributed by atoms with Crippen molar-refractivity contribution in [2.24, 2.45) is 0 Å². The Morgan fingerprint density at radius 3 is 2.78 bits per heavy atom. The van der Waals surface area contributed by atoms with Gasteiger partial charge in [-0.2, -0.15) is 0 Å². The molecule has 0 saturated heterocycles. The van der Waals surface area contributed by atoms with E-state index >= 15 is 0 Å². The summed E-state index contributed by atoms with van der Waals surface area (Å²) in [6.07, 6.45) is 7.56. The normalized spacial score (nSPS) is 10.8. The Morgan fingerprint density at radius 1 is 1.28 bits per heavy atom. The topological polar surface area (TPSA) is 30.7 Å². The zero-order valence-electron chi connectivity index (χ0n) is 10.9. The van der Waals surface area contributed by atoms with E-state index in [-0.39, 0.29) is 0 Å².